The van der Waals surface area contributed by atoms with Crippen LogP contribution in [0, 0.1) is 0 Å². The predicted octanol–water partition coefficient (Wildman–Crippen LogP) is 4.47. The molecule has 1 aliphatic heterocycles. The Morgan fingerprint density at radius 2 is 1.44 bits per heavy atom. The van der Waals surface area contributed by atoms with E-state index in [2.05, 4.69) is 5.32 Å². The van der Waals surface area contributed by atoms with Gasteiger partial charge in [-0.2, -0.15) is 0 Å². The SMILES string of the molecule is CC1C[C@H](NC(=O)Cc2ccccc2-c2ccccc2)C(=O)N1[C@@H](CC=O)C(=O)COP(=O)(c1ccccc1)c1ccccc1. The summed E-state index contributed by atoms with van der Waals surface area (Å²) in [7, 11) is -3.66. The van der Waals surface area contributed by atoms with Gasteiger partial charge in [0.1, 0.15) is 18.9 Å². The molecule has 9 heteroatoms. The van der Waals surface area contributed by atoms with Gasteiger partial charge in [-0.05, 0) is 54.3 Å². The van der Waals surface area contributed by atoms with Crippen molar-refractivity contribution in [1.29, 1.82) is 0 Å². The summed E-state index contributed by atoms with van der Waals surface area (Å²) in [5.41, 5.74) is 2.74. The van der Waals surface area contributed by atoms with E-state index in [9.17, 15) is 23.7 Å². The first-order valence-corrected chi connectivity index (χ1v) is 16.5. The van der Waals surface area contributed by atoms with Gasteiger partial charge in [0.15, 0.2) is 5.78 Å². The molecule has 0 aliphatic carbocycles. The topological polar surface area (TPSA) is 110 Å². The van der Waals surface area contributed by atoms with E-state index < -0.39 is 43.8 Å². The van der Waals surface area contributed by atoms with Crippen LogP contribution in [0.4, 0.5) is 0 Å². The van der Waals surface area contributed by atoms with Crippen molar-refractivity contribution in [3.05, 3.63) is 121 Å². The van der Waals surface area contributed by atoms with E-state index in [4.69, 9.17) is 4.52 Å². The molecule has 2 amide bonds. The minimum absolute atomic E-state index is 0.0715. The summed E-state index contributed by atoms with van der Waals surface area (Å²) in [6, 6.07) is 32.2. The molecule has 1 N–H and O–H groups in total. The summed E-state index contributed by atoms with van der Waals surface area (Å²) >= 11 is 0. The molecular formula is C36H35N2O6P. The average Bonchev–Trinajstić information content (AvgIpc) is 3.35. The van der Waals surface area contributed by atoms with Crippen LogP contribution in [-0.2, 0) is 34.7 Å². The Hall–Kier alpha value is -4.65. The van der Waals surface area contributed by atoms with Gasteiger partial charge in [0, 0.05) is 23.1 Å². The van der Waals surface area contributed by atoms with Gasteiger partial charge < -0.3 is 19.5 Å². The molecule has 45 heavy (non-hydrogen) atoms. The van der Waals surface area contributed by atoms with E-state index >= 15 is 0 Å². The van der Waals surface area contributed by atoms with Crippen LogP contribution in [0.25, 0.3) is 11.1 Å². The van der Waals surface area contributed by atoms with Gasteiger partial charge in [0.25, 0.3) is 7.37 Å². The minimum atomic E-state index is -3.66. The van der Waals surface area contributed by atoms with Crippen LogP contribution in [0.5, 0.6) is 0 Å². The fourth-order valence-electron chi connectivity index (χ4n) is 5.81. The van der Waals surface area contributed by atoms with Crippen LogP contribution in [0.3, 0.4) is 0 Å². The second kappa shape index (κ2) is 14.4. The zero-order valence-corrected chi connectivity index (χ0v) is 25.8. The number of ketones is 1. The standard InChI is InChI=1S/C36H35N2O6P/c1-26-23-32(37-35(41)24-28-15-11-12-20-31(28)27-13-5-2-6-14-27)36(42)38(26)33(21-22-39)34(40)25-44-45(43,29-16-7-3-8-17-29)30-18-9-4-10-19-30/h2-20,22,26,32-33H,21,23-25H2,1H3,(H,37,41)/t26?,32-,33-/m0/s1. The Morgan fingerprint density at radius 1 is 0.889 bits per heavy atom. The number of benzene rings is 4. The number of hydrogen-bond donors (Lipinski definition) is 1. The molecule has 4 aromatic rings. The first-order valence-electron chi connectivity index (χ1n) is 14.9. The first kappa shape index (κ1) is 31.8. The number of rotatable bonds is 13. The lowest BCUT2D eigenvalue weighted by atomic mass is 9.97. The zero-order chi connectivity index (χ0) is 31.8. The summed E-state index contributed by atoms with van der Waals surface area (Å²) < 4.78 is 20.1. The molecule has 0 saturated carbocycles. The number of hydrogen-bond acceptors (Lipinski definition) is 6. The lowest BCUT2D eigenvalue weighted by Gasteiger charge is -2.30. The highest BCUT2D eigenvalue weighted by molar-refractivity contribution is 7.74. The fourth-order valence-corrected chi connectivity index (χ4v) is 7.85. The van der Waals surface area contributed by atoms with Gasteiger partial charge in [-0.1, -0.05) is 91.0 Å². The quantitative estimate of drug-likeness (QED) is 0.174. The second-order valence-electron chi connectivity index (χ2n) is 11.0. The molecule has 1 fully saturated rings. The molecular weight excluding hydrogens is 587 g/mol. The van der Waals surface area contributed by atoms with Gasteiger partial charge in [0.2, 0.25) is 11.8 Å². The summed E-state index contributed by atoms with van der Waals surface area (Å²) in [6.07, 6.45) is 0.691. The third-order valence-electron chi connectivity index (χ3n) is 8.00. The van der Waals surface area contributed by atoms with Gasteiger partial charge in [-0.25, -0.2) is 0 Å². The Bertz CT molecular complexity index is 1650. The van der Waals surface area contributed by atoms with Gasteiger partial charge in [-0.3, -0.25) is 18.9 Å². The van der Waals surface area contributed by atoms with Crippen LogP contribution < -0.4 is 15.9 Å². The third kappa shape index (κ3) is 7.19. The molecule has 230 valence electrons. The van der Waals surface area contributed by atoms with Crippen molar-refractivity contribution in [2.24, 2.45) is 0 Å². The summed E-state index contributed by atoms with van der Waals surface area (Å²) in [6.45, 7) is 1.21. The van der Waals surface area contributed by atoms with Crippen molar-refractivity contribution in [2.75, 3.05) is 6.61 Å². The van der Waals surface area contributed by atoms with Crippen LogP contribution in [-0.4, -0.2) is 53.5 Å². The number of amides is 2. The molecule has 4 aromatic carbocycles. The third-order valence-corrected chi connectivity index (χ3v) is 10.4. The Balaban J connectivity index is 1.28. The molecule has 1 unspecified atom stereocenters. The van der Waals surface area contributed by atoms with Crippen molar-refractivity contribution in [2.45, 2.75) is 44.3 Å². The fraction of sp³-hybridized carbons (Fsp3) is 0.222. The summed E-state index contributed by atoms with van der Waals surface area (Å²) in [5, 5.41) is 3.70. The van der Waals surface area contributed by atoms with Gasteiger partial charge >= 0.3 is 0 Å². The lowest BCUT2D eigenvalue weighted by molar-refractivity contribution is -0.141. The first-order chi connectivity index (χ1) is 21.8. The van der Waals surface area contributed by atoms with E-state index in [-0.39, 0.29) is 25.2 Å². The van der Waals surface area contributed by atoms with Crippen molar-refractivity contribution >= 4 is 41.9 Å². The predicted molar refractivity (Wildman–Crippen MR) is 174 cm³/mol. The normalized spacial score (nSPS) is 17.1. The van der Waals surface area contributed by atoms with E-state index in [0.717, 1.165) is 16.7 Å². The van der Waals surface area contributed by atoms with Crippen LogP contribution in [0.15, 0.2) is 115 Å². The van der Waals surface area contributed by atoms with Gasteiger partial charge in [-0.15, -0.1) is 0 Å². The number of carbonyl (C=O) groups excluding carboxylic acids is 4. The van der Waals surface area contributed by atoms with E-state index in [0.29, 0.717) is 16.9 Å². The molecule has 0 aromatic heterocycles. The average molecular weight is 623 g/mol. The van der Waals surface area contributed by atoms with Crippen molar-refractivity contribution in [3.63, 3.8) is 0 Å². The second-order valence-corrected chi connectivity index (χ2v) is 13.4. The molecule has 3 atom stereocenters. The number of nitrogens with zero attached hydrogens (tertiary/aromatic N) is 1. The van der Waals surface area contributed by atoms with Crippen LogP contribution >= 0.6 is 7.37 Å². The molecule has 5 rings (SSSR count). The highest BCUT2D eigenvalue weighted by Gasteiger charge is 2.44. The van der Waals surface area contributed by atoms with Crippen molar-refractivity contribution in [1.82, 2.24) is 10.2 Å². The Morgan fingerprint density at radius 3 is 2.04 bits per heavy atom. The molecule has 0 radical (unpaired) electrons. The zero-order valence-electron chi connectivity index (χ0n) is 25.0. The number of carbonyl (C=O) groups is 4. The maximum absolute atomic E-state index is 14.2. The number of aldehydes is 1. The largest absolute Gasteiger partial charge is 0.344 e. The molecule has 1 saturated heterocycles. The maximum atomic E-state index is 14.2. The smallest absolute Gasteiger partial charge is 0.261 e. The lowest BCUT2D eigenvalue weighted by Crippen LogP contribution is -2.50. The van der Waals surface area contributed by atoms with Crippen LogP contribution in [0.1, 0.15) is 25.3 Å². The minimum Gasteiger partial charge on any atom is -0.344 e. The number of nitrogens with one attached hydrogen (secondary N) is 1. The van der Waals surface area contributed by atoms with Crippen molar-refractivity contribution in [3.8, 4) is 11.1 Å². The number of Topliss-reactive ketones (excluding diaryl/α,β-unsaturated/α-hetero) is 1. The Labute approximate surface area is 262 Å². The molecule has 0 bridgehead atoms. The highest BCUT2D eigenvalue weighted by Crippen LogP contribution is 2.44. The van der Waals surface area contributed by atoms with Gasteiger partial charge in [0.05, 0.1) is 12.5 Å². The van der Waals surface area contributed by atoms with E-state index in [1.807, 2.05) is 54.6 Å². The Kier molecular flexibility index (Phi) is 10.2. The molecule has 0 spiro atoms. The van der Waals surface area contributed by atoms with Crippen LogP contribution in [0.2, 0.25) is 0 Å². The maximum Gasteiger partial charge on any atom is 0.261 e. The van der Waals surface area contributed by atoms with Crippen molar-refractivity contribution < 1.29 is 28.3 Å². The monoisotopic (exact) mass is 622 g/mol. The van der Waals surface area contributed by atoms with E-state index in [1.165, 1.54) is 4.90 Å². The number of likely N-dealkylation sites (tertiary alicyclic amines) is 1. The highest BCUT2D eigenvalue weighted by atomic mass is 31.2. The molecule has 1 heterocycles. The molecule has 8 nitrogen and oxygen atoms in total. The molecule has 1 aliphatic rings. The summed E-state index contributed by atoms with van der Waals surface area (Å²) in [4.78, 5) is 53.4. The summed E-state index contributed by atoms with van der Waals surface area (Å²) in [5.74, 6) is -1.31. The van der Waals surface area contributed by atoms with E-state index in [1.54, 1.807) is 67.6 Å².